The van der Waals surface area contributed by atoms with Crippen molar-refractivity contribution >= 4 is 17.7 Å². The van der Waals surface area contributed by atoms with Gasteiger partial charge in [-0.15, -0.1) is 0 Å². The Morgan fingerprint density at radius 3 is 2.46 bits per heavy atom. The van der Waals surface area contributed by atoms with Crippen LogP contribution in [-0.2, 0) is 11.3 Å². The Bertz CT molecular complexity index is 815. The second-order valence-corrected chi connectivity index (χ2v) is 5.73. The van der Waals surface area contributed by atoms with Crippen LogP contribution in [0.25, 0.3) is 0 Å². The molecule has 3 rings (SSSR count). The van der Waals surface area contributed by atoms with Gasteiger partial charge in [0, 0.05) is 31.3 Å². The number of nitrogens with zero attached hydrogens (tertiary/aromatic N) is 2. The molecule has 2 aromatic rings. The lowest BCUT2D eigenvalue weighted by Gasteiger charge is -2.14. The number of aromatic nitrogens is 1. The summed E-state index contributed by atoms with van der Waals surface area (Å²) in [6.07, 6.45) is 1.66. The van der Waals surface area contributed by atoms with E-state index in [1.54, 1.807) is 36.5 Å². The lowest BCUT2D eigenvalue weighted by Crippen LogP contribution is -2.34. The molecule has 0 fully saturated rings. The van der Waals surface area contributed by atoms with Crippen LogP contribution in [-0.4, -0.2) is 40.8 Å². The number of rotatable bonds is 7. The van der Waals surface area contributed by atoms with Crippen LogP contribution in [0.5, 0.6) is 5.88 Å². The normalized spacial score (nSPS) is 12.9. The molecule has 0 unspecified atom stereocenters. The zero-order valence-corrected chi connectivity index (χ0v) is 14.4. The third-order valence-electron chi connectivity index (χ3n) is 4.05. The molecule has 134 valence electrons. The molecule has 1 aromatic heterocycles. The van der Waals surface area contributed by atoms with Gasteiger partial charge >= 0.3 is 0 Å². The lowest BCUT2D eigenvalue weighted by atomic mass is 10.1. The van der Waals surface area contributed by atoms with Gasteiger partial charge in [0.15, 0.2) is 0 Å². The molecule has 0 bridgehead atoms. The van der Waals surface area contributed by atoms with Gasteiger partial charge < -0.3 is 10.1 Å². The Morgan fingerprint density at radius 2 is 1.81 bits per heavy atom. The van der Waals surface area contributed by atoms with Crippen LogP contribution in [0.1, 0.15) is 39.6 Å². The van der Waals surface area contributed by atoms with E-state index in [0.29, 0.717) is 23.6 Å². The fourth-order valence-electron chi connectivity index (χ4n) is 2.76. The average Bonchev–Trinajstić information content (AvgIpc) is 2.90. The van der Waals surface area contributed by atoms with E-state index in [-0.39, 0.29) is 37.2 Å². The van der Waals surface area contributed by atoms with E-state index >= 15 is 0 Å². The number of hydrogen-bond acceptors (Lipinski definition) is 5. The van der Waals surface area contributed by atoms with Gasteiger partial charge in [-0.05, 0) is 25.1 Å². The van der Waals surface area contributed by atoms with E-state index in [4.69, 9.17) is 4.74 Å². The topological polar surface area (TPSA) is 88.6 Å². The Kier molecular flexibility index (Phi) is 5.26. The van der Waals surface area contributed by atoms with Crippen molar-refractivity contribution in [3.8, 4) is 5.88 Å². The van der Waals surface area contributed by atoms with Crippen molar-refractivity contribution < 1.29 is 19.1 Å². The number of imide groups is 1. The maximum Gasteiger partial charge on any atom is 0.261 e. The molecule has 1 aliphatic heterocycles. The molecule has 0 saturated heterocycles. The van der Waals surface area contributed by atoms with E-state index in [1.807, 2.05) is 13.0 Å². The molecule has 7 heteroatoms. The van der Waals surface area contributed by atoms with Crippen molar-refractivity contribution in [2.45, 2.75) is 19.9 Å². The third kappa shape index (κ3) is 3.56. The number of benzene rings is 1. The molecule has 2 heterocycles. The van der Waals surface area contributed by atoms with Crippen molar-refractivity contribution in [2.24, 2.45) is 0 Å². The molecule has 0 radical (unpaired) electrons. The van der Waals surface area contributed by atoms with Crippen LogP contribution in [0.2, 0.25) is 0 Å². The van der Waals surface area contributed by atoms with E-state index in [2.05, 4.69) is 10.3 Å². The smallest absolute Gasteiger partial charge is 0.261 e. The first-order chi connectivity index (χ1) is 12.6. The van der Waals surface area contributed by atoms with Gasteiger partial charge in [0.1, 0.15) is 0 Å². The number of nitrogens with one attached hydrogen (secondary N) is 1. The van der Waals surface area contributed by atoms with Gasteiger partial charge in [-0.3, -0.25) is 19.3 Å². The van der Waals surface area contributed by atoms with Crippen LogP contribution in [0, 0.1) is 0 Å². The van der Waals surface area contributed by atoms with Crippen molar-refractivity contribution in [2.75, 3.05) is 13.2 Å². The fourth-order valence-corrected chi connectivity index (χ4v) is 2.76. The number of hydrogen-bond donors (Lipinski definition) is 1. The van der Waals surface area contributed by atoms with E-state index in [1.165, 1.54) is 0 Å². The molecule has 0 atom stereocenters. The quantitative estimate of drug-likeness (QED) is 0.767. The molecule has 1 aromatic carbocycles. The second kappa shape index (κ2) is 7.77. The summed E-state index contributed by atoms with van der Waals surface area (Å²) in [5.41, 5.74) is 1.53. The van der Waals surface area contributed by atoms with Crippen LogP contribution in [0.4, 0.5) is 0 Å². The Hall–Kier alpha value is -3.22. The van der Waals surface area contributed by atoms with E-state index in [9.17, 15) is 14.4 Å². The Balaban J connectivity index is 1.54. The van der Waals surface area contributed by atoms with Crippen molar-refractivity contribution in [1.29, 1.82) is 0 Å². The first kappa shape index (κ1) is 17.6. The molecule has 0 aliphatic carbocycles. The molecular formula is C19H19N3O4. The zero-order chi connectivity index (χ0) is 18.5. The van der Waals surface area contributed by atoms with Crippen LogP contribution in [0.3, 0.4) is 0 Å². The highest BCUT2D eigenvalue weighted by Crippen LogP contribution is 2.22. The molecule has 0 saturated carbocycles. The largest absolute Gasteiger partial charge is 0.478 e. The molecule has 26 heavy (non-hydrogen) atoms. The predicted octanol–water partition coefficient (Wildman–Crippen LogP) is 1.78. The predicted molar refractivity (Wildman–Crippen MR) is 93.7 cm³/mol. The summed E-state index contributed by atoms with van der Waals surface area (Å²) < 4.78 is 5.41. The maximum absolute atomic E-state index is 12.3. The zero-order valence-electron chi connectivity index (χ0n) is 14.4. The summed E-state index contributed by atoms with van der Waals surface area (Å²) in [7, 11) is 0. The first-order valence-electron chi connectivity index (χ1n) is 8.40. The monoisotopic (exact) mass is 353 g/mol. The fraction of sp³-hybridized carbons (Fsp3) is 0.263. The van der Waals surface area contributed by atoms with Crippen LogP contribution in [0.15, 0.2) is 42.6 Å². The van der Waals surface area contributed by atoms with Gasteiger partial charge in [0.05, 0.1) is 17.7 Å². The summed E-state index contributed by atoms with van der Waals surface area (Å²) in [6, 6.07) is 10.2. The number of carbonyl (C=O) groups is 3. The molecule has 1 N–H and O–H groups in total. The van der Waals surface area contributed by atoms with Gasteiger partial charge in [0.25, 0.3) is 11.8 Å². The molecule has 0 spiro atoms. The van der Waals surface area contributed by atoms with Crippen molar-refractivity contribution in [1.82, 2.24) is 15.2 Å². The summed E-state index contributed by atoms with van der Waals surface area (Å²) >= 11 is 0. The first-order valence-corrected chi connectivity index (χ1v) is 8.40. The minimum Gasteiger partial charge on any atom is -0.478 e. The molecular weight excluding hydrogens is 334 g/mol. The van der Waals surface area contributed by atoms with Gasteiger partial charge in [-0.2, -0.15) is 0 Å². The van der Waals surface area contributed by atoms with Gasteiger partial charge in [-0.1, -0.05) is 18.2 Å². The van der Waals surface area contributed by atoms with Gasteiger partial charge in [0.2, 0.25) is 11.8 Å². The van der Waals surface area contributed by atoms with E-state index < -0.39 is 0 Å². The number of amides is 3. The minimum atomic E-state index is -0.357. The van der Waals surface area contributed by atoms with E-state index in [0.717, 1.165) is 10.5 Å². The second-order valence-electron chi connectivity index (χ2n) is 5.73. The van der Waals surface area contributed by atoms with Crippen molar-refractivity contribution in [3.05, 3.63) is 59.3 Å². The maximum atomic E-state index is 12.3. The van der Waals surface area contributed by atoms with Crippen molar-refractivity contribution in [3.63, 3.8) is 0 Å². The highest BCUT2D eigenvalue weighted by Gasteiger charge is 2.34. The van der Waals surface area contributed by atoms with Crippen LogP contribution >= 0.6 is 0 Å². The summed E-state index contributed by atoms with van der Waals surface area (Å²) in [5, 5.41) is 2.76. The molecule has 3 amide bonds. The highest BCUT2D eigenvalue weighted by atomic mass is 16.5. The summed E-state index contributed by atoms with van der Waals surface area (Å²) in [6.45, 7) is 2.66. The minimum absolute atomic E-state index is 0.0374. The summed E-state index contributed by atoms with van der Waals surface area (Å²) in [5.74, 6) is -0.489. The Morgan fingerprint density at radius 1 is 1.12 bits per heavy atom. The number of pyridine rings is 1. The summed E-state index contributed by atoms with van der Waals surface area (Å²) in [4.78, 5) is 41.9. The number of carbonyl (C=O) groups excluding carboxylic acids is 3. The third-order valence-corrected chi connectivity index (χ3v) is 4.05. The molecule has 7 nitrogen and oxygen atoms in total. The average molecular weight is 353 g/mol. The van der Waals surface area contributed by atoms with Crippen LogP contribution < -0.4 is 10.1 Å². The number of fused-ring (bicyclic) bond motifs is 1. The van der Waals surface area contributed by atoms with Gasteiger partial charge in [-0.25, -0.2) is 4.98 Å². The SMILES string of the molecule is CCOc1ncccc1CNC(=O)CCN1C(=O)c2ccccc2C1=O. The molecule has 1 aliphatic rings. The standard InChI is InChI=1S/C19H19N3O4/c1-2-26-17-13(6-5-10-20-17)12-21-16(23)9-11-22-18(24)14-7-3-4-8-15(14)19(22)25/h3-8,10H,2,9,11-12H2,1H3,(H,21,23). The highest BCUT2D eigenvalue weighted by molar-refractivity contribution is 6.21. The number of ether oxygens (including phenoxy) is 1. The lowest BCUT2D eigenvalue weighted by molar-refractivity contribution is -0.121. The Labute approximate surface area is 151 Å².